The van der Waals surface area contributed by atoms with Crippen LogP contribution < -0.4 is 15.5 Å². The van der Waals surface area contributed by atoms with Crippen LogP contribution in [-0.4, -0.2) is 17.7 Å². The third-order valence-electron chi connectivity index (χ3n) is 5.49. The van der Waals surface area contributed by atoms with E-state index >= 15 is 0 Å². The molecule has 3 aromatic carbocycles. The fourth-order valence-electron chi connectivity index (χ4n) is 3.67. The van der Waals surface area contributed by atoms with Crippen LogP contribution in [0.2, 0.25) is 5.02 Å². The van der Waals surface area contributed by atoms with Crippen molar-refractivity contribution < 1.29 is 14.4 Å². The van der Waals surface area contributed by atoms with E-state index in [2.05, 4.69) is 10.6 Å². The maximum Gasteiger partial charge on any atom is 0.283 e. The number of anilines is 3. The van der Waals surface area contributed by atoms with Crippen LogP contribution in [0.3, 0.4) is 0 Å². The number of hydrogen-bond acceptors (Lipinski definition) is 4. The van der Waals surface area contributed by atoms with Crippen molar-refractivity contribution in [1.82, 2.24) is 0 Å². The molecule has 2 N–H and O–H groups in total. The van der Waals surface area contributed by atoms with Crippen LogP contribution in [0.4, 0.5) is 17.1 Å². The first kappa shape index (κ1) is 23.5. The second kappa shape index (κ2) is 9.71. The molecule has 3 amide bonds. The first-order valence-corrected chi connectivity index (χ1v) is 11.4. The predicted molar refractivity (Wildman–Crippen MR) is 135 cm³/mol. The molecule has 172 valence electrons. The van der Waals surface area contributed by atoms with Crippen molar-refractivity contribution in [1.29, 1.82) is 0 Å². The van der Waals surface area contributed by atoms with Crippen molar-refractivity contribution in [2.45, 2.75) is 20.3 Å². The molecule has 0 atom stereocenters. The number of carbonyl (C=O) groups is 3. The largest absolute Gasteiger partial charge is 0.350 e. The van der Waals surface area contributed by atoms with E-state index in [0.29, 0.717) is 34.1 Å². The number of hydrogen-bond donors (Lipinski definition) is 2. The van der Waals surface area contributed by atoms with E-state index in [1.54, 1.807) is 54.6 Å². The molecule has 0 saturated carbocycles. The summed E-state index contributed by atoms with van der Waals surface area (Å²) in [6.07, 6.45) is 0.659. The molecule has 34 heavy (non-hydrogen) atoms. The summed E-state index contributed by atoms with van der Waals surface area (Å²) in [6.45, 7) is 3.80. The average Bonchev–Trinajstić information content (AvgIpc) is 3.04. The summed E-state index contributed by atoms with van der Waals surface area (Å²) in [5.41, 5.74) is 3.81. The molecule has 0 aliphatic carbocycles. The van der Waals surface area contributed by atoms with Gasteiger partial charge in [-0.3, -0.25) is 14.4 Å². The van der Waals surface area contributed by atoms with Crippen molar-refractivity contribution in [2.75, 3.05) is 15.5 Å². The van der Waals surface area contributed by atoms with Crippen LogP contribution in [0.5, 0.6) is 0 Å². The molecule has 0 radical (unpaired) electrons. The van der Waals surface area contributed by atoms with Crippen LogP contribution in [0.15, 0.2) is 77.5 Å². The number of halogens is 2. The fourth-order valence-corrected chi connectivity index (χ4v) is 4.11. The molecule has 0 spiro atoms. The van der Waals surface area contributed by atoms with E-state index in [9.17, 15) is 14.4 Å². The summed E-state index contributed by atoms with van der Waals surface area (Å²) in [7, 11) is 0. The fraction of sp³-hybridized carbons (Fsp3) is 0.115. The molecule has 3 aromatic rings. The summed E-state index contributed by atoms with van der Waals surface area (Å²) in [6, 6.07) is 18.9. The molecule has 0 unspecified atom stereocenters. The lowest BCUT2D eigenvalue weighted by molar-refractivity contribution is -0.120. The standard InChI is InChI=1S/C26H21Cl2N3O3/c1-3-16-6-4-5-7-21(16)31-25(33)22(28)23(26(31)34)29-19-11-8-17(9-12-19)24(32)30-20-13-10-18(27)14-15(20)2/h4-14,29H,3H2,1-2H3,(H,30,32). The number of aryl methyl sites for hydroxylation is 2. The Morgan fingerprint density at radius 2 is 1.65 bits per heavy atom. The van der Waals surface area contributed by atoms with Crippen LogP contribution in [0.25, 0.3) is 0 Å². The maximum absolute atomic E-state index is 13.1. The van der Waals surface area contributed by atoms with Crippen LogP contribution >= 0.6 is 23.2 Å². The Labute approximate surface area is 207 Å². The minimum Gasteiger partial charge on any atom is -0.350 e. The number of para-hydroxylation sites is 1. The zero-order chi connectivity index (χ0) is 24.4. The SMILES string of the molecule is CCc1ccccc1N1C(=O)C(Cl)=C(Nc2ccc(C(=O)Nc3ccc(Cl)cc3C)cc2)C1=O. The molecular formula is C26H21Cl2N3O3. The van der Waals surface area contributed by atoms with E-state index in [-0.39, 0.29) is 16.6 Å². The van der Waals surface area contributed by atoms with E-state index in [0.717, 1.165) is 16.0 Å². The molecule has 8 heteroatoms. The minimum atomic E-state index is -0.579. The zero-order valence-electron chi connectivity index (χ0n) is 18.5. The van der Waals surface area contributed by atoms with E-state index in [4.69, 9.17) is 23.2 Å². The number of nitrogens with one attached hydrogen (secondary N) is 2. The monoisotopic (exact) mass is 493 g/mol. The van der Waals surface area contributed by atoms with Gasteiger partial charge in [-0.15, -0.1) is 0 Å². The maximum atomic E-state index is 13.1. The van der Waals surface area contributed by atoms with Gasteiger partial charge in [-0.2, -0.15) is 0 Å². The highest BCUT2D eigenvalue weighted by Crippen LogP contribution is 2.32. The first-order chi connectivity index (χ1) is 16.3. The molecule has 0 aromatic heterocycles. The molecule has 4 rings (SSSR count). The summed E-state index contributed by atoms with van der Waals surface area (Å²) in [5, 5.41) is 6.18. The molecule has 6 nitrogen and oxygen atoms in total. The topological polar surface area (TPSA) is 78.5 Å². The average molecular weight is 494 g/mol. The Hall–Kier alpha value is -3.61. The molecular weight excluding hydrogens is 473 g/mol. The highest BCUT2D eigenvalue weighted by Gasteiger charge is 2.39. The third-order valence-corrected chi connectivity index (χ3v) is 6.08. The Morgan fingerprint density at radius 3 is 2.32 bits per heavy atom. The second-order valence-electron chi connectivity index (χ2n) is 7.73. The number of imide groups is 1. The summed E-state index contributed by atoms with van der Waals surface area (Å²) >= 11 is 12.2. The van der Waals surface area contributed by atoms with Gasteiger partial charge in [-0.1, -0.05) is 48.3 Å². The van der Waals surface area contributed by atoms with Crippen molar-refractivity contribution in [3.63, 3.8) is 0 Å². The van der Waals surface area contributed by atoms with Gasteiger partial charge < -0.3 is 10.6 Å². The third kappa shape index (κ3) is 4.55. The number of amides is 3. The number of nitrogens with zero attached hydrogens (tertiary/aromatic N) is 1. The van der Waals surface area contributed by atoms with Crippen molar-refractivity contribution >= 4 is 58.0 Å². The summed E-state index contributed by atoms with van der Waals surface area (Å²) in [5.74, 6) is -1.40. The van der Waals surface area contributed by atoms with E-state index in [1.165, 1.54) is 0 Å². The van der Waals surface area contributed by atoms with Gasteiger partial charge in [0.1, 0.15) is 10.7 Å². The normalized spacial score (nSPS) is 13.5. The van der Waals surface area contributed by atoms with E-state index < -0.39 is 11.8 Å². The summed E-state index contributed by atoms with van der Waals surface area (Å²) < 4.78 is 0. The lowest BCUT2D eigenvalue weighted by Crippen LogP contribution is -2.33. The second-order valence-corrected chi connectivity index (χ2v) is 8.55. The highest BCUT2D eigenvalue weighted by molar-refractivity contribution is 6.53. The minimum absolute atomic E-state index is 0.00781. The molecule has 0 saturated heterocycles. The smallest absolute Gasteiger partial charge is 0.283 e. The molecule has 1 heterocycles. The zero-order valence-corrected chi connectivity index (χ0v) is 20.0. The lowest BCUT2D eigenvalue weighted by atomic mass is 10.1. The van der Waals surface area contributed by atoms with Crippen molar-refractivity contribution in [2.24, 2.45) is 0 Å². The van der Waals surface area contributed by atoms with Crippen LogP contribution in [-0.2, 0) is 16.0 Å². The summed E-state index contributed by atoms with van der Waals surface area (Å²) in [4.78, 5) is 39.5. The quantitative estimate of drug-likeness (QED) is 0.419. The van der Waals surface area contributed by atoms with Gasteiger partial charge >= 0.3 is 0 Å². The molecule has 1 aliphatic heterocycles. The van der Waals surface area contributed by atoms with Gasteiger partial charge in [0.2, 0.25) is 0 Å². The van der Waals surface area contributed by atoms with Crippen molar-refractivity contribution in [3.05, 3.63) is 99.2 Å². The lowest BCUT2D eigenvalue weighted by Gasteiger charge is -2.18. The van der Waals surface area contributed by atoms with Gasteiger partial charge in [-0.25, -0.2) is 4.90 Å². The van der Waals surface area contributed by atoms with Gasteiger partial charge in [0.25, 0.3) is 17.7 Å². The van der Waals surface area contributed by atoms with Gasteiger partial charge in [0.05, 0.1) is 5.69 Å². The van der Waals surface area contributed by atoms with Gasteiger partial charge in [0.15, 0.2) is 0 Å². The Balaban J connectivity index is 1.50. The number of rotatable bonds is 6. The Kier molecular flexibility index (Phi) is 6.72. The first-order valence-electron chi connectivity index (χ1n) is 10.6. The Bertz CT molecular complexity index is 1330. The number of benzene rings is 3. The van der Waals surface area contributed by atoms with E-state index in [1.807, 2.05) is 26.0 Å². The number of carbonyl (C=O) groups excluding carboxylic acids is 3. The Morgan fingerprint density at radius 1 is 0.941 bits per heavy atom. The van der Waals surface area contributed by atoms with Crippen LogP contribution in [0.1, 0.15) is 28.4 Å². The molecule has 0 bridgehead atoms. The predicted octanol–water partition coefficient (Wildman–Crippen LogP) is 5.90. The van der Waals surface area contributed by atoms with Crippen molar-refractivity contribution in [3.8, 4) is 0 Å². The molecule has 0 fully saturated rings. The highest BCUT2D eigenvalue weighted by atomic mass is 35.5. The molecule has 1 aliphatic rings. The van der Waals surface area contributed by atoms with Crippen LogP contribution in [0, 0.1) is 6.92 Å². The van der Waals surface area contributed by atoms with Gasteiger partial charge in [-0.05, 0) is 73.0 Å². The van der Waals surface area contributed by atoms with Gasteiger partial charge in [0, 0.05) is 22.0 Å².